The molecule has 32 heavy (non-hydrogen) atoms. The Kier molecular flexibility index (Phi) is 4.79. The number of nitrogens with zero attached hydrogens (tertiary/aromatic N) is 3. The molecule has 0 fully saturated rings. The molecule has 3 aromatic rings. The molecule has 2 heterocycles. The Balaban J connectivity index is 1.50. The van der Waals surface area contributed by atoms with Crippen LogP contribution in [0.2, 0.25) is 0 Å². The van der Waals surface area contributed by atoms with Gasteiger partial charge in [-0.1, -0.05) is 42.5 Å². The Labute approximate surface area is 187 Å². The van der Waals surface area contributed by atoms with E-state index in [9.17, 15) is 5.26 Å². The molecular weight excluding hydrogens is 396 g/mol. The first-order chi connectivity index (χ1) is 15.5. The van der Waals surface area contributed by atoms with Gasteiger partial charge < -0.3 is 4.74 Å². The number of aliphatic imine (C=N–C) groups is 1. The van der Waals surface area contributed by atoms with Gasteiger partial charge in [0.15, 0.2) is 0 Å². The SMILES string of the molecule is COc1ccc(C2=CC=C3N=Cc4[nH]nc(-c5ccc(C(C)(C)C#N)cc5)c4C3C2)cc1. The van der Waals surface area contributed by atoms with E-state index in [-0.39, 0.29) is 5.92 Å². The number of hydrogen-bond acceptors (Lipinski definition) is 4. The van der Waals surface area contributed by atoms with E-state index in [2.05, 4.69) is 57.7 Å². The lowest BCUT2D eigenvalue weighted by Gasteiger charge is -2.26. The van der Waals surface area contributed by atoms with E-state index in [1.54, 1.807) is 7.11 Å². The van der Waals surface area contributed by atoms with Crippen molar-refractivity contribution in [2.75, 3.05) is 7.11 Å². The van der Waals surface area contributed by atoms with Gasteiger partial charge in [-0.15, -0.1) is 0 Å². The molecule has 0 radical (unpaired) electrons. The number of aromatic amines is 1. The number of nitrogens with one attached hydrogen (secondary N) is 1. The van der Waals surface area contributed by atoms with Crippen LogP contribution in [0.3, 0.4) is 0 Å². The molecule has 0 saturated carbocycles. The predicted molar refractivity (Wildman–Crippen MR) is 127 cm³/mol. The Hall–Kier alpha value is -3.91. The third-order valence-electron chi connectivity index (χ3n) is 6.38. The van der Waals surface area contributed by atoms with E-state index in [0.29, 0.717) is 0 Å². The summed E-state index contributed by atoms with van der Waals surface area (Å²) < 4.78 is 5.30. The minimum atomic E-state index is -0.520. The van der Waals surface area contributed by atoms with E-state index in [0.717, 1.165) is 40.4 Å². The molecule has 1 atom stereocenters. The van der Waals surface area contributed by atoms with Crippen molar-refractivity contribution in [2.24, 2.45) is 4.99 Å². The molecule has 1 aromatic heterocycles. The van der Waals surface area contributed by atoms with Crippen LogP contribution in [-0.4, -0.2) is 23.5 Å². The number of rotatable bonds is 4. The first-order valence-electron chi connectivity index (χ1n) is 10.7. The summed E-state index contributed by atoms with van der Waals surface area (Å²) in [4.78, 5) is 4.68. The van der Waals surface area contributed by atoms with Crippen LogP contribution in [0.15, 0.2) is 71.4 Å². The van der Waals surface area contributed by atoms with Gasteiger partial charge in [-0.25, -0.2) is 0 Å². The molecule has 0 saturated heterocycles. The molecule has 5 heteroatoms. The number of methoxy groups -OCH3 is 1. The van der Waals surface area contributed by atoms with Crippen molar-refractivity contribution in [3.8, 4) is 23.1 Å². The first-order valence-corrected chi connectivity index (χ1v) is 10.7. The van der Waals surface area contributed by atoms with Gasteiger partial charge in [0.2, 0.25) is 0 Å². The lowest BCUT2D eigenvalue weighted by atomic mass is 9.80. The maximum Gasteiger partial charge on any atom is 0.118 e. The average molecular weight is 421 g/mol. The molecular formula is C27H24N4O. The summed E-state index contributed by atoms with van der Waals surface area (Å²) in [6.45, 7) is 3.86. The maximum absolute atomic E-state index is 9.44. The van der Waals surface area contributed by atoms with Crippen LogP contribution in [-0.2, 0) is 5.41 Å². The van der Waals surface area contributed by atoms with Crippen LogP contribution >= 0.6 is 0 Å². The minimum Gasteiger partial charge on any atom is -0.497 e. The molecule has 0 amide bonds. The summed E-state index contributed by atoms with van der Waals surface area (Å²) in [6.07, 6.45) is 7.00. The largest absolute Gasteiger partial charge is 0.497 e. The van der Waals surface area contributed by atoms with E-state index in [1.165, 1.54) is 16.7 Å². The molecule has 1 aliphatic heterocycles. The molecule has 5 rings (SSSR count). The van der Waals surface area contributed by atoms with Gasteiger partial charge in [-0.3, -0.25) is 10.1 Å². The number of fused-ring (bicyclic) bond motifs is 3. The van der Waals surface area contributed by atoms with E-state index in [1.807, 2.05) is 44.3 Å². The molecule has 5 nitrogen and oxygen atoms in total. The van der Waals surface area contributed by atoms with Crippen molar-refractivity contribution in [3.63, 3.8) is 0 Å². The summed E-state index contributed by atoms with van der Waals surface area (Å²) in [7, 11) is 1.68. The summed E-state index contributed by atoms with van der Waals surface area (Å²) in [5.41, 5.74) is 8.10. The van der Waals surface area contributed by atoms with Crippen LogP contribution in [0.4, 0.5) is 0 Å². The third kappa shape index (κ3) is 3.34. The summed E-state index contributed by atoms with van der Waals surface area (Å²) >= 11 is 0. The van der Waals surface area contributed by atoms with Crippen molar-refractivity contribution >= 4 is 11.8 Å². The van der Waals surface area contributed by atoms with Gasteiger partial charge >= 0.3 is 0 Å². The second-order valence-electron chi connectivity index (χ2n) is 8.74. The fourth-order valence-electron chi connectivity index (χ4n) is 4.38. The molecule has 1 N–H and O–H groups in total. The minimum absolute atomic E-state index is 0.140. The smallest absolute Gasteiger partial charge is 0.118 e. The fourth-order valence-corrected chi connectivity index (χ4v) is 4.38. The second kappa shape index (κ2) is 7.65. The van der Waals surface area contributed by atoms with E-state index >= 15 is 0 Å². The number of benzene rings is 2. The highest BCUT2D eigenvalue weighted by molar-refractivity contribution is 5.88. The van der Waals surface area contributed by atoms with E-state index in [4.69, 9.17) is 4.74 Å². The van der Waals surface area contributed by atoms with Gasteiger partial charge in [-0.2, -0.15) is 10.4 Å². The van der Waals surface area contributed by atoms with Gasteiger partial charge in [0.1, 0.15) is 5.75 Å². The third-order valence-corrected chi connectivity index (χ3v) is 6.38. The van der Waals surface area contributed by atoms with Crippen LogP contribution < -0.4 is 4.74 Å². The lowest BCUT2D eigenvalue weighted by Crippen LogP contribution is -2.14. The second-order valence-corrected chi connectivity index (χ2v) is 8.74. The van der Waals surface area contributed by atoms with Crippen LogP contribution in [0, 0.1) is 11.3 Å². The van der Waals surface area contributed by atoms with Crippen LogP contribution in [0.25, 0.3) is 16.8 Å². The Morgan fingerprint density at radius 3 is 2.44 bits per heavy atom. The van der Waals surface area contributed by atoms with Crippen molar-refractivity contribution in [2.45, 2.75) is 31.6 Å². The summed E-state index contributed by atoms with van der Waals surface area (Å²) in [6, 6.07) is 18.7. The molecule has 2 aromatic carbocycles. The van der Waals surface area contributed by atoms with Gasteiger partial charge in [0.25, 0.3) is 0 Å². The number of hydrogen-bond donors (Lipinski definition) is 1. The van der Waals surface area contributed by atoms with Crippen molar-refractivity contribution < 1.29 is 4.74 Å². The lowest BCUT2D eigenvalue weighted by molar-refractivity contribution is 0.415. The van der Waals surface area contributed by atoms with Gasteiger partial charge in [0, 0.05) is 22.7 Å². The monoisotopic (exact) mass is 420 g/mol. The molecule has 0 spiro atoms. The number of nitriles is 1. The number of ether oxygens (including phenoxy) is 1. The quantitative estimate of drug-likeness (QED) is 0.582. The highest BCUT2D eigenvalue weighted by Gasteiger charge is 2.31. The zero-order valence-electron chi connectivity index (χ0n) is 18.4. The Morgan fingerprint density at radius 1 is 1.03 bits per heavy atom. The van der Waals surface area contributed by atoms with Crippen molar-refractivity contribution in [1.29, 1.82) is 5.26 Å². The topological polar surface area (TPSA) is 74.1 Å². The molecule has 1 unspecified atom stereocenters. The fraction of sp³-hybridized carbons (Fsp3) is 0.222. The first kappa shape index (κ1) is 20.0. The molecule has 2 aliphatic rings. The molecule has 0 bridgehead atoms. The normalized spacial score (nSPS) is 17.0. The van der Waals surface area contributed by atoms with Gasteiger partial charge in [0.05, 0.1) is 36.2 Å². The standard InChI is InChI=1S/C27H24N4O/c1-27(2,16-28)20-9-4-18(5-10-20)26-25-22-14-19(17-6-11-21(32-3)12-7-17)8-13-23(22)29-15-24(25)30-31-26/h4-13,15,22H,14H2,1-3H3,(H,30,31). The Morgan fingerprint density at radius 2 is 1.75 bits per heavy atom. The zero-order valence-corrected chi connectivity index (χ0v) is 18.4. The number of aromatic nitrogens is 2. The van der Waals surface area contributed by atoms with E-state index < -0.39 is 5.41 Å². The number of H-pyrrole nitrogens is 1. The number of allylic oxidation sites excluding steroid dienone is 4. The molecule has 1 aliphatic carbocycles. The predicted octanol–water partition coefficient (Wildman–Crippen LogP) is 5.77. The van der Waals surface area contributed by atoms with Gasteiger partial charge in [-0.05, 0) is 55.2 Å². The summed E-state index contributed by atoms with van der Waals surface area (Å²) in [5, 5.41) is 17.3. The zero-order chi connectivity index (χ0) is 22.3. The molecule has 158 valence electrons. The van der Waals surface area contributed by atoms with Crippen molar-refractivity contribution in [3.05, 3.63) is 88.8 Å². The maximum atomic E-state index is 9.44. The summed E-state index contributed by atoms with van der Waals surface area (Å²) in [5.74, 6) is 0.993. The highest BCUT2D eigenvalue weighted by atomic mass is 16.5. The van der Waals surface area contributed by atoms with Crippen LogP contribution in [0.1, 0.15) is 48.6 Å². The highest BCUT2D eigenvalue weighted by Crippen LogP contribution is 2.44. The Bertz CT molecular complexity index is 1300. The van der Waals surface area contributed by atoms with Crippen LogP contribution in [0.5, 0.6) is 5.75 Å². The average Bonchev–Trinajstić information content (AvgIpc) is 3.28. The van der Waals surface area contributed by atoms with Crippen molar-refractivity contribution in [1.82, 2.24) is 10.2 Å².